The van der Waals surface area contributed by atoms with Gasteiger partial charge in [0.2, 0.25) is 0 Å². The topological polar surface area (TPSA) is 86.2 Å². The third-order valence-corrected chi connectivity index (χ3v) is 1.88. The van der Waals surface area contributed by atoms with Crippen LogP contribution >= 0.6 is 0 Å². The molecule has 5 nitrogen and oxygen atoms in total. The number of benzene rings is 1. The lowest BCUT2D eigenvalue weighted by molar-refractivity contribution is -0.384. The van der Waals surface area contributed by atoms with Gasteiger partial charge in [-0.1, -0.05) is 12.2 Å². The maximum absolute atomic E-state index is 13.0. The van der Waals surface area contributed by atoms with E-state index < -0.39 is 16.4 Å². The van der Waals surface area contributed by atoms with Crippen molar-refractivity contribution >= 4 is 23.7 Å². The first-order chi connectivity index (χ1) is 7.56. The van der Waals surface area contributed by atoms with Crippen molar-refractivity contribution in [2.24, 2.45) is 0 Å². The average Bonchev–Trinajstić information content (AvgIpc) is 2.22. The monoisotopic (exact) mass is 224 g/mol. The van der Waals surface area contributed by atoms with Gasteiger partial charge in [0.1, 0.15) is 17.8 Å². The van der Waals surface area contributed by atoms with E-state index >= 15 is 0 Å². The number of hydrogen-bond donors (Lipinski definition) is 1. The van der Waals surface area contributed by atoms with Gasteiger partial charge in [0, 0.05) is 12.0 Å². The molecule has 0 aromatic heterocycles. The van der Waals surface area contributed by atoms with Crippen LogP contribution in [-0.4, -0.2) is 11.2 Å². The van der Waals surface area contributed by atoms with Gasteiger partial charge < -0.3 is 10.5 Å². The molecular formula is C10H9FN2O3. The molecule has 0 spiro atoms. The van der Waals surface area contributed by atoms with Crippen LogP contribution in [0.4, 0.5) is 15.8 Å². The van der Waals surface area contributed by atoms with E-state index in [1.807, 2.05) is 0 Å². The molecule has 0 radical (unpaired) electrons. The number of nitro groups is 1. The largest absolute Gasteiger partial charge is 0.393 e. The number of nitrogens with zero attached hydrogens (tertiary/aromatic N) is 1. The van der Waals surface area contributed by atoms with Gasteiger partial charge in [-0.2, -0.15) is 0 Å². The molecule has 6 heteroatoms. The Balaban J connectivity index is 3.18. The third kappa shape index (κ3) is 2.63. The highest BCUT2D eigenvalue weighted by molar-refractivity contribution is 5.74. The Morgan fingerprint density at radius 1 is 1.50 bits per heavy atom. The second kappa shape index (κ2) is 5.01. The maximum Gasteiger partial charge on any atom is 0.295 e. The van der Waals surface area contributed by atoms with Gasteiger partial charge in [0.25, 0.3) is 5.69 Å². The number of allylic oxidation sites excluding steroid dienone is 1. The number of anilines is 1. The number of nitrogen functional groups attached to an aromatic ring is 1. The van der Waals surface area contributed by atoms with Gasteiger partial charge >= 0.3 is 0 Å². The molecule has 0 atom stereocenters. The Morgan fingerprint density at radius 3 is 2.75 bits per heavy atom. The normalized spacial score (nSPS) is 10.6. The van der Waals surface area contributed by atoms with E-state index in [2.05, 4.69) is 0 Å². The predicted octanol–water partition coefficient (Wildman–Crippen LogP) is 1.92. The van der Waals surface area contributed by atoms with Crippen LogP contribution in [0.1, 0.15) is 12.0 Å². The van der Waals surface area contributed by atoms with Crippen LogP contribution in [0.3, 0.4) is 0 Å². The summed E-state index contributed by atoms with van der Waals surface area (Å²) >= 11 is 0. The summed E-state index contributed by atoms with van der Waals surface area (Å²) in [6.45, 7) is 0. The molecule has 0 heterocycles. The lowest BCUT2D eigenvalue weighted by Gasteiger charge is -2.01. The van der Waals surface area contributed by atoms with Crippen LogP contribution in [0.5, 0.6) is 0 Å². The van der Waals surface area contributed by atoms with Crippen molar-refractivity contribution in [3.05, 3.63) is 39.7 Å². The van der Waals surface area contributed by atoms with E-state index in [4.69, 9.17) is 5.73 Å². The lowest BCUT2D eigenvalue weighted by Crippen LogP contribution is -1.99. The second-order valence-corrected chi connectivity index (χ2v) is 2.99. The molecule has 2 N–H and O–H groups in total. The van der Waals surface area contributed by atoms with E-state index in [0.717, 1.165) is 12.1 Å². The molecule has 0 aliphatic rings. The maximum atomic E-state index is 13.0. The fourth-order valence-electron chi connectivity index (χ4n) is 1.16. The minimum absolute atomic E-state index is 0.117. The van der Waals surface area contributed by atoms with E-state index in [1.54, 1.807) is 0 Å². The minimum atomic E-state index is -0.754. The van der Waals surface area contributed by atoms with Gasteiger partial charge in [-0.05, 0) is 6.07 Å². The van der Waals surface area contributed by atoms with Crippen LogP contribution in [0, 0.1) is 15.9 Å². The van der Waals surface area contributed by atoms with Crippen molar-refractivity contribution in [1.82, 2.24) is 0 Å². The molecular weight excluding hydrogens is 215 g/mol. The summed E-state index contributed by atoms with van der Waals surface area (Å²) < 4.78 is 13.0. The fourth-order valence-corrected chi connectivity index (χ4v) is 1.16. The van der Waals surface area contributed by atoms with Crippen molar-refractivity contribution in [2.45, 2.75) is 6.42 Å². The van der Waals surface area contributed by atoms with Crippen LogP contribution in [0.25, 0.3) is 6.08 Å². The van der Waals surface area contributed by atoms with E-state index in [-0.39, 0.29) is 17.7 Å². The van der Waals surface area contributed by atoms with E-state index in [9.17, 15) is 19.3 Å². The summed E-state index contributed by atoms with van der Waals surface area (Å²) in [5.74, 6) is -0.744. The van der Waals surface area contributed by atoms with Crippen LogP contribution in [-0.2, 0) is 4.79 Å². The average molecular weight is 224 g/mol. The molecule has 16 heavy (non-hydrogen) atoms. The molecule has 0 amide bonds. The molecule has 1 aromatic carbocycles. The Kier molecular flexibility index (Phi) is 3.71. The summed E-state index contributed by atoms with van der Waals surface area (Å²) in [5.41, 5.74) is 5.08. The number of carbonyl (C=O) groups is 1. The molecule has 84 valence electrons. The summed E-state index contributed by atoms with van der Waals surface area (Å²) in [5, 5.41) is 10.5. The third-order valence-electron chi connectivity index (χ3n) is 1.88. The number of rotatable bonds is 4. The van der Waals surface area contributed by atoms with Gasteiger partial charge in [-0.25, -0.2) is 4.39 Å². The fraction of sp³-hybridized carbons (Fsp3) is 0.100. The van der Waals surface area contributed by atoms with Crippen molar-refractivity contribution in [1.29, 1.82) is 0 Å². The number of carbonyl (C=O) groups excluding carboxylic acids is 1. The highest BCUT2D eigenvalue weighted by Gasteiger charge is 2.15. The summed E-state index contributed by atoms with van der Waals surface area (Å²) in [7, 11) is 0. The number of aldehydes is 1. The summed E-state index contributed by atoms with van der Waals surface area (Å²) in [6.07, 6.45) is 3.62. The zero-order valence-electron chi connectivity index (χ0n) is 8.22. The Morgan fingerprint density at radius 2 is 2.19 bits per heavy atom. The zero-order chi connectivity index (χ0) is 12.1. The number of hydrogen-bond acceptors (Lipinski definition) is 4. The molecule has 1 aromatic rings. The first-order valence-electron chi connectivity index (χ1n) is 4.40. The van der Waals surface area contributed by atoms with Crippen molar-refractivity contribution in [3.8, 4) is 0 Å². The molecule has 0 saturated carbocycles. The van der Waals surface area contributed by atoms with Crippen molar-refractivity contribution < 1.29 is 14.1 Å². The minimum Gasteiger partial charge on any atom is -0.393 e. The number of halogens is 1. The molecule has 0 aliphatic carbocycles. The highest BCUT2D eigenvalue weighted by Crippen LogP contribution is 2.27. The number of nitrogens with two attached hydrogens (primary N) is 1. The van der Waals surface area contributed by atoms with Gasteiger partial charge in [0.15, 0.2) is 0 Å². The molecule has 0 unspecified atom stereocenters. The molecule has 0 bridgehead atoms. The van der Waals surface area contributed by atoms with E-state index in [1.165, 1.54) is 12.2 Å². The lowest BCUT2D eigenvalue weighted by atomic mass is 10.1. The standard InChI is InChI=1S/C10H9FN2O3/c11-8-5-7(3-1-2-4-14)10(12)9(6-8)13(15)16/h1,3-6H,2,12H2. The molecule has 0 fully saturated rings. The molecule has 0 saturated heterocycles. The smallest absolute Gasteiger partial charge is 0.295 e. The van der Waals surface area contributed by atoms with Gasteiger partial charge in [-0.3, -0.25) is 10.1 Å². The Labute approximate surface area is 90.5 Å². The van der Waals surface area contributed by atoms with Crippen molar-refractivity contribution in [2.75, 3.05) is 5.73 Å². The van der Waals surface area contributed by atoms with Gasteiger partial charge in [0.05, 0.1) is 11.0 Å². The first kappa shape index (κ1) is 11.8. The van der Waals surface area contributed by atoms with Gasteiger partial charge in [-0.15, -0.1) is 0 Å². The Bertz CT molecular complexity index is 458. The number of nitro benzene ring substituents is 1. The van der Waals surface area contributed by atoms with Crippen LogP contribution in [0.2, 0.25) is 0 Å². The van der Waals surface area contributed by atoms with E-state index in [0.29, 0.717) is 6.29 Å². The molecule has 1 rings (SSSR count). The predicted molar refractivity (Wildman–Crippen MR) is 57.2 cm³/mol. The highest BCUT2D eigenvalue weighted by atomic mass is 19.1. The summed E-state index contributed by atoms with van der Waals surface area (Å²) in [4.78, 5) is 19.8. The van der Waals surface area contributed by atoms with Crippen LogP contribution in [0.15, 0.2) is 18.2 Å². The zero-order valence-corrected chi connectivity index (χ0v) is 8.22. The quantitative estimate of drug-likeness (QED) is 0.366. The SMILES string of the molecule is Nc1c(C=CCC=O)cc(F)cc1[N+](=O)[O-]. The second-order valence-electron chi connectivity index (χ2n) is 2.99. The van der Waals surface area contributed by atoms with Crippen LogP contribution < -0.4 is 5.73 Å². The summed E-state index contributed by atoms with van der Waals surface area (Å²) in [6, 6.07) is 1.83. The first-order valence-corrected chi connectivity index (χ1v) is 4.40. The Hall–Kier alpha value is -2.24. The van der Waals surface area contributed by atoms with Crippen molar-refractivity contribution in [3.63, 3.8) is 0 Å². The molecule has 0 aliphatic heterocycles.